The monoisotopic (exact) mass is 286 g/mol. The Kier molecular flexibility index (Phi) is 2.98. The van der Waals surface area contributed by atoms with Crippen LogP contribution in [0.4, 0.5) is 0 Å². The Balaban J connectivity index is 1.74. The van der Waals surface area contributed by atoms with Gasteiger partial charge in [0.1, 0.15) is 5.78 Å². The van der Waals surface area contributed by atoms with E-state index in [2.05, 4.69) is 26.8 Å². The van der Waals surface area contributed by atoms with Gasteiger partial charge in [0.15, 0.2) is 0 Å². The lowest BCUT2D eigenvalue weighted by molar-refractivity contribution is -0.132. The largest absolute Gasteiger partial charge is 0.299 e. The smallest absolute Gasteiger partial charge is 0.139 e. The second-order valence-corrected chi connectivity index (χ2v) is 8.84. The van der Waals surface area contributed by atoms with Crippen LogP contribution in [0.1, 0.15) is 72.1 Å². The van der Waals surface area contributed by atoms with Gasteiger partial charge in [-0.25, -0.2) is 0 Å². The van der Waals surface area contributed by atoms with E-state index in [4.69, 9.17) is 0 Å². The van der Waals surface area contributed by atoms with E-state index in [1.807, 2.05) is 0 Å². The van der Waals surface area contributed by atoms with Gasteiger partial charge in [0, 0.05) is 11.8 Å². The number of Topliss-reactive ketones (excluding diaryl/α,β-unsaturated/α-hetero) is 1. The van der Waals surface area contributed by atoms with E-state index in [1.54, 1.807) is 5.57 Å². The minimum absolute atomic E-state index is 0.0285. The lowest BCUT2D eigenvalue weighted by Crippen LogP contribution is -2.51. The molecule has 0 aromatic carbocycles. The minimum atomic E-state index is 0.0285. The highest BCUT2D eigenvalue weighted by Crippen LogP contribution is 2.65. The van der Waals surface area contributed by atoms with Gasteiger partial charge in [0.25, 0.3) is 0 Å². The van der Waals surface area contributed by atoms with E-state index in [9.17, 15) is 4.79 Å². The van der Waals surface area contributed by atoms with E-state index in [1.165, 1.54) is 38.5 Å². The van der Waals surface area contributed by atoms with Crippen molar-refractivity contribution in [3.05, 3.63) is 11.6 Å². The van der Waals surface area contributed by atoms with Crippen LogP contribution >= 0.6 is 0 Å². The van der Waals surface area contributed by atoms with E-state index in [0.29, 0.717) is 17.1 Å². The maximum absolute atomic E-state index is 12.4. The Hall–Kier alpha value is -0.590. The molecule has 0 aliphatic heterocycles. The van der Waals surface area contributed by atoms with Crippen LogP contribution < -0.4 is 0 Å². The summed E-state index contributed by atoms with van der Waals surface area (Å²) in [7, 11) is 0. The molecule has 6 atom stereocenters. The SMILES string of the molecule is CC1CCCC2=CC[C@H]3[C@@H]4CCC(=O)[C@@]4(C)CC[C@@H]3[C@]21C. The van der Waals surface area contributed by atoms with Crippen LogP contribution in [0.3, 0.4) is 0 Å². The molecular formula is C20H30O. The van der Waals surface area contributed by atoms with Gasteiger partial charge < -0.3 is 0 Å². The first kappa shape index (κ1) is 14.0. The van der Waals surface area contributed by atoms with Gasteiger partial charge in [0.05, 0.1) is 0 Å². The topological polar surface area (TPSA) is 17.1 Å². The molecular weight excluding hydrogens is 256 g/mol. The third-order valence-electron chi connectivity index (χ3n) is 8.35. The van der Waals surface area contributed by atoms with Crippen molar-refractivity contribution in [3.8, 4) is 0 Å². The van der Waals surface area contributed by atoms with Gasteiger partial charge >= 0.3 is 0 Å². The van der Waals surface area contributed by atoms with Gasteiger partial charge in [-0.2, -0.15) is 0 Å². The summed E-state index contributed by atoms with van der Waals surface area (Å²) in [5, 5.41) is 0. The number of carbonyl (C=O) groups is 1. The van der Waals surface area contributed by atoms with E-state index in [-0.39, 0.29) is 5.41 Å². The second-order valence-electron chi connectivity index (χ2n) is 8.84. The van der Waals surface area contributed by atoms with Crippen molar-refractivity contribution in [2.45, 2.75) is 72.1 Å². The van der Waals surface area contributed by atoms with Crippen molar-refractivity contribution in [1.29, 1.82) is 0 Å². The Morgan fingerprint density at radius 1 is 1.10 bits per heavy atom. The molecule has 1 nitrogen and oxygen atoms in total. The second kappa shape index (κ2) is 4.46. The molecule has 4 aliphatic rings. The maximum Gasteiger partial charge on any atom is 0.139 e. The zero-order chi connectivity index (χ0) is 14.8. The van der Waals surface area contributed by atoms with Gasteiger partial charge in [0.2, 0.25) is 0 Å². The maximum atomic E-state index is 12.4. The van der Waals surface area contributed by atoms with Crippen molar-refractivity contribution in [3.63, 3.8) is 0 Å². The molecule has 21 heavy (non-hydrogen) atoms. The van der Waals surface area contributed by atoms with Gasteiger partial charge in [-0.3, -0.25) is 4.79 Å². The van der Waals surface area contributed by atoms with Crippen LogP contribution in [0.2, 0.25) is 0 Å². The average Bonchev–Trinajstić information content (AvgIpc) is 2.76. The molecule has 0 spiro atoms. The summed E-state index contributed by atoms with van der Waals surface area (Å²) in [4.78, 5) is 12.4. The number of ketones is 1. The first-order valence-corrected chi connectivity index (χ1v) is 9.20. The van der Waals surface area contributed by atoms with Crippen LogP contribution in [-0.2, 0) is 4.79 Å². The third kappa shape index (κ3) is 1.67. The Labute approximate surface area is 129 Å². The minimum Gasteiger partial charge on any atom is -0.299 e. The average molecular weight is 286 g/mol. The summed E-state index contributed by atoms with van der Waals surface area (Å²) < 4.78 is 0. The Morgan fingerprint density at radius 2 is 1.90 bits per heavy atom. The molecule has 3 saturated carbocycles. The highest BCUT2D eigenvalue weighted by atomic mass is 16.1. The van der Waals surface area contributed by atoms with E-state index >= 15 is 0 Å². The van der Waals surface area contributed by atoms with Crippen LogP contribution in [0.15, 0.2) is 11.6 Å². The molecule has 0 bridgehead atoms. The Bertz CT molecular complexity index is 504. The number of allylic oxidation sites excluding steroid dienone is 2. The summed E-state index contributed by atoms with van der Waals surface area (Å²) in [6.45, 7) is 7.34. The van der Waals surface area contributed by atoms with Crippen molar-refractivity contribution in [2.24, 2.45) is 34.5 Å². The van der Waals surface area contributed by atoms with Crippen molar-refractivity contribution in [2.75, 3.05) is 0 Å². The Morgan fingerprint density at radius 3 is 2.71 bits per heavy atom. The molecule has 1 heteroatoms. The van der Waals surface area contributed by atoms with Crippen LogP contribution in [0, 0.1) is 34.5 Å². The normalized spacial score (nSPS) is 52.7. The van der Waals surface area contributed by atoms with Crippen molar-refractivity contribution >= 4 is 5.78 Å². The lowest BCUT2D eigenvalue weighted by atomic mass is 9.46. The molecule has 3 fully saturated rings. The number of fused-ring (bicyclic) bond motifs is 5. The molecule has 0 aromatic heterocycles. The van der Waals surface area contributed by atoms with Gasteiger partial charge in [-0.15, -0.1) is 0 Å². The number of hydrogen-bond acceptors (Lipinski definition) is 1. The van der Waals surface area contributed by atoms with Crippen LogP contribution in [-0.4, -0.2) is 5.78 Å². The third-order valence-corrected chi connectivity index (χ3v) is 8.35. The highest BCUT2D eigenvalue weighted by Gasteiger charge is 2.59. The number of hydrogen-bond donors (Lipinski definition) is 0. The summed E-state index contributed by atoms with van der Waals surface area (Å²) >= 11 is 0. The first-order chi connectivity index (χ1) is 9.98. The van der Waals surface area contributed by atoms with Crippen molar-refractivity contribution < 1.29 is 4.79 Å². The summed E-state index contributed by atoms with van der Waals surface area (Å²) in [6.07, 6.45) is 12.5. The molecule has 0 amide bonds. The molecule has 0 aromatic rings. The zero-order valence-corrected chi connectivity index (χ0v) is 14.0. The molecule has 0 N–H and O–H groups in total. The quantitative estimate of drug-likeness (QED) is 0.562. The standard InChI is InChI=1S/C20H30O/c1-13-5-4-6-14-7-8-15-16-9-10-18(21)19(16,2)12-11-17(15)20(13,14)3/h7,13,15-17H,4-6,8-12H2,1-3H3/t13?,15-,16-,17-,19-,20-/m0/s1. The van der Waals surface area contributed by atoms with Gasteiger partial charge in [-0.1, -0.05) is 32.4 Å². The summed E-state index contributed by atoms with van der Waals surface area (Å²) in [5.74, 6) is 3.70. The summed E-state index contributed by atoms with van der Waals surface area (Å²) in [5.41, 5.74) is 2.24. The fraction of sp³-hybridized carbons (Fsp3) is 0.850. The zero-order valence-electron chi connectivity index (χ0n) is 14.0. The molecule has 4 aliphatic carbocycles. The van der Waals surface area contributed by atoms with E-state index < -0.39 is 0 Å². The summed E-state index contributed by atoms with van der Waals surface area (Å²) in [6, 6.07) is 0. The van der Waals surface area contributed by atoms with E-state index in [0.717, 1.165) is 30.6 Å². The molecule has 0 saturated heterocycles. The highest BCUT2D eigenvalue weighted by molar-refractivity contribution is 5.87. The van der Waals surface area contributed by atoms with Crippen LogP contribution in [0.25, 0.3) is 0 Å². The molecule has 4 rings (SSSR count). The van der Waals surface area contributed by atoms with Crippen molar-refractivity contribution in [1.82, 2.24) is 0 Å². The first-order valence-electron chi connectivity index (χ1n) is 9.20. The molecule has 1 unspecified atom stereocenters. The predicted octanol–water partition coefficient (Wildman–Crippen LogP) is 5.15. The molecule has 0 heterocycles. The number of rotatable bonds is 0. The molecule has 116 valence electrons. The fourth-order valence-corrected chi connectivity index (χ4v) is 6.82. The fourth-order valence-electron chi connectivity index (χ4n) is 6.82. The lowest BCUT2D eigenvalue weighted by Gasteiger charge is -2.58. The number of carbonyl (C=O) groups excluding carboxylic acids is 1. The molecule has 0 radical (unpaired) electrons. The van der Waals surface area contributed by atoms with Gasteiger partial charge in [-0.05, 0) is 74.0 Å². The van der Waals surface area contributed by atoms with Crippen LogP contribution in [0.5, 0.6) is 0 Å². The predicted molar refractivity (Wildman–Crippen MR) is 85.9 cm³/mol.